The highest BCUT2D eigenvalue weighted by atomic mass is 28.3. The van der Waals surface area contributed by atoms with Crippen LogP contribution in [0.5, 0.6) is 0 Å². The minimum Gasteiger partial charge on any atom is -0.0702 e. The van der Waals surface area contributed by atoms with Gasteiger partial charge in [0.2, 0.25) is 0 Å². The Morgan fingerprint density at radius 2 is 0.978 bits per heavy atom. The van der Waals surface area contributed by atoms with Crippen molar-refractivity contribution in [3.05, 3.63) is 177 Å². The zero-order valence-electron chi connectivity index (χ0n) is 27.8. The van der Waals surface area contributed by atoms with Crippen LogP contribution >= 0.6 is 0 Å². The van der Waals surface area contributed by atoms with Gasteiger partial charge in [-0.1, -0.05) is 142 Å². The summed E-state index contributed by atoms with van der Waals surface area (Å²) < 4.78 is 0. The van der Waals surface area contributed by atoms with Gasteiger partial charge in [0.15, 0.2) is 0 Å². The van der Waals surface area contributed by atoms with Crippen LogP contribution in [0.25, 0.3) is 33.4 Å². The van der Waals surface area contributed by atoms with E-state index in [4.69, 9.17) is 0 Å². The molecule has 1 atom stereocenters. The van der Waals surface area contributed by atoms with Crippen LogP contribution in [0.3, 0.4) is 0 Å². The molecule has 0 aromatic heterocycles. The first-order chi connectivity index (χ1) is 22.3. The van der Waals surface area contributed by atoms with E-state index in [-0.39, 0.29) is 5.04 Å². The third kappa shape index (κ3) is 3.85. The van der Waals surface area contributed by atoms with E-state index in [0.29, 0.717) is 0 Å². The molecule has 0 amide bonds. The maximum atomic E-state index is 2.52. The van der Waals surface area contributed by atoms with E-state index >= 15 is 0 Å². The van der Waals surface area contributed by atoms with Crippen molar-refractivity contribution in [2.24, 2.45) is 0 Å². The van der Waals surface area contributed by atoms with Crippen LogP contribution in [0.4, 0.5) is 0 Å². The Morgan fingerprint density at radius 3 is 1.61 bits per heavy atom. The van der Waals surface area contributed by atoms with Crippen LogP contribution in [0.15, 0.2) is 127 Å². The van der Waals surface area contributed by atoms with Gasteiger partial charge in [-0.15, -0.1) is 0 Å². The molecular weight excluding hydrogens is 569 g/mol. The van der Waals surface area contributed by atoms with Crippen molar-refractivity contribution in [1.82, 2.24) is 0 Å². The van der Waals surface area contributed by atoms with E-state index in [1.54, 1.807) is 0 Å². The lowest BCUT2D eigenvalue weighted by Crippen LogP contribution is -2.35. The van der Waals surface area contributed by atoms with Gasteiger partial charge >= 0.3 is 0 Å². The molecule has 6 aromatic rings. The van der Waals surface area contributed by atoms with Gasteiger partial charge in [-0.3, -0.25) is 0 Å². The van der Waals surface area contributed by atoms with E-state index in [0.717, 1.165) is 6.42 Å². The molecule has 2 aliphatic rings. The summed E-state index contributed by atoms with van der Waals surface area (Å²) in [6.07, 6.45) is 1.01. The average molecular weight is 610 g/mol. The number of benzene rings is 6. The van der Waals surface area contributed by atoms with Crippen LogP contribution in [0.2, 0.25) is 13.1 Å². The summed E-state index contributed by atoms with van der Waals surface area (Å²) in [5, 5.41) is 0.108. The van der Waals surface area contributed by atoms with Crippen LogP contribution in [-0.4, -0.2) is 8.80 Å². The molecule has 1 radical (unpaired) electrons. The van der Waals surface area contributed by atoms with Crippen molar-refractivity contribution in [2.45, 2.75) is 57.7 Å². The smallest absolute Gasteiger partial charge is 0.0702 e. The molecule has 2 aliphatic carbocycles. The molecule has 8 rings (SSSR count). The number of fused-ring (bicyclic) bond motifs is 6. The zero-order valence-corrected chi connectivity index (χ0v) is 28.8. The SMILES string of the molecule is CCc1ccc2c(c1)C(c1ccccc1C)(c1ccccc1C)c1cc(-c3ccc4c(c3)-c3ccccc3C4(C)[Si](C)C)ccc1-2. The topological polar surface area (TPSA) is 0 Å². The summed E-state index contributed by atoms with van der Waals surface area (Å²) in [7, 11) is -0.639. The molecule has 0 saturated heterocycles. The fraction of sp³-hybridized carbons (Fsp3) is 0.200. The van der Waals surface area contributed by atoms with Gasteiger partial charge in [0.25, 0.3) is 0 Å². The summed E-state index contributed by atoms with van der Waals surface area (Å²) in [5.41, 5.74) is 20.2. The molecule has 0 aliphatic heterocycles. The molecule has 0 heterocycles. The Morgan fingerprint density at radius 1 is 0.478 bits per heavy atom. The van der Waals surface area contributed by atoms with Crippen molar-refractivity contribution in [3.8, 4) is 33.4 Å². The molecule has 1 unspecified atom stereocenters. The van der Waals surface area contributed by atoms with E-state index in [9.17, 15) is 0 Å². The number of rotatable bonds is 5. The fourth-order valence-electron chi connectivity index (χ4n) is 8.70. The first kappa shape index (κ1) is 29.0. The summed E-state index contributed by atoms with van der Waals surface area (Å²) in [6.45, 7) is 14.2. The average Bonchev–Trinajstić information content (AvgIpc) is 3.52. The summed E-state index contributed by atoms with van der Waals surface area (Å²) in [4.78, 5) is 0. The molecule has 0 spiro atoms. The quantitative estimate of drug-likeness (QED) is 0.170. The molecule has 0 N–H and O–H groups in total. The highest BCUT2D eigenvalue weighted by Crippen LogP contribution is 2.58. The molecule has 6 aromatic carbocycles. The second-order valence-electron chi connectivity index (χ2n) is 13.8. The molecule has 1 heteroatoms. The second-order valence-corrected chi connectivity index (χ2v) is 16.8. The van der Waals surface area contributed by atoms with Crippen molar-refractivity contribution < 1.29 is 0 Å². The van der Waals surface area contributed by atoms with Gasteiger partial charge in [0, 0.05) is 5.04 Å². The molecular formula is C45H41Si. The largest absolute Gasteiger partial charge is 0.0718 e. The van der Waals surface area contributed by atoms with Crippen molar-refractivity contribution in [3.63, 3.8) is 0 Å². The maximum absolute atomic E-state index is 2.52. The van der Waals surface area contributed by atoms with E-state index in [1.807, 2.05) is 0 Å². The van der Waals surface area contributed by atoms with Crippen molar-refractivity contribution in [1.29, 1.82) is 0 Å². The van der Waals surface area contributed by atoms with Crippen molar-refractivity contribution in [2.75, 3.05) is 0 Å². The Hall–Kier alpha value is -4.46. The lowest BCUT2D eigenvalue weighted by atomic mass is 9.65. The van der Waals surface area contributed by atoms with Gasteiger partial charge in [-0.05, 0) is 116 Å². The zero-order chi connectivity index (χ0) is 31.8. The first-order valence-electron chi connectivity index (χ1n) is 16.8. The van der Waals surface area contributed by atoms with Gasteiger partial charge in [-0.2, -0.15) is 0 Å². The van der Waals surface area contributed by atoms with Crippen molar-refractivity contribution >= 4 is 8.80 Å². The van der Waals surface area contributed by atoms with E-state index in [1.165, 1.54) is 83.5 Å². The van der Waals surface area contributed by atoms with E-state index in [2.05, 4.69) is 168 Å². The molecule has 0 bridgehead atoms. The lowest BCUT2D eigenvalue weighted by Gasteiger charge is -2.36. The summed E-state index contributed by atoms with van der Waals surface area (Å²) >= 11 is 0. The van der Waals surface area contributed by atoms with Gasteiger partial charge in [0.05, 0.1) is 14.2 Å². The molecule has 0 fully saturated rings. The predicted molar refractivity (Wildman–Crippen MR) is 197 cm³/mol. The highest BCUT2D eigenvalue weighted by Gasteiger charge is 2.48. The third-order valence-corrected chi connectivity index (χ3v) is 13.9. The Balaban J connectivity index is 1.42. The number of hydrogen-bond acceptors (Lipinski definition) is 0. The second kappa shape index (κ2) is 10.5. The standard InChI is InChI=1S/C45H41Si/c1-7-31-20-23-35-36-24-21-33(32-22-25-41-37(27-32)34-16-10-13-19-40(34)44(41,4)46(5)6)28-43(36)45(42(35)26-31,38-17-11-8-14-29(38)2)39-18-12-9-15-30(39)3/h8-28H,7H2,1-6H3. The Bertz CT molecular complexity index is 2120. The number of hydrogen-bond donors (Lipinski definition) is 0. The first-order valence-corrected chi connectivity index (χ1v) is 19.3. The summed E-state index contributed by atoms with van der Waals surface area (Å²) in [5.74, 6) is 0. The maximum Gasteiger partial charge on any atom is 0.0718 e. The minimum atomic E-state index is -0.639. The van der Waals surface area contributed by atoms with E-state index < -0.39 is 14.2 Å². The fourth-order valence-corrected chi connectivity index (χ4v) is 10.2. The Labute approximate surface area is 276 Å². The highest BCUT2D eigenvalue weighted by molar-refractivity contribution is 6.61. The monoisotopic (exact) mass is 609 g/mol. The molecule has 0 saturated carbocycles. The third-order valence-electron chi connectivity index (χ3n) is 11.4. The van der Waals surface area contributed by atoms with Crippen LogP contribution < -0.4 is 0 Å². The Kier molecular flexibility index (Phi) is 6.64. The van der Waals surface area contributed by atoms with Crippen LogP contribution in [0, 0.1) is 13.8 Å². The predicted octanol–water partition coefficient (Wildman–Crippen LogP) is 11.5. The van der Waals surface area contributed by atoms with Gasteiger partial charge < -0.3 is 0 Å². The molecule has 225 valence electrons. The normalized spacial score (nSPS) is 17.0. The number of aryl methyl sites for hydroxylation is 3. The van der Waals surface area contributed by atoms with Gasteiger partial charge in [0.1, 0.15) is 0 Å². The molecule has 46 heavy (non-hydrogen) atoms. The van der Waals surface area contributed by atoms with Crippen LogP contribution in [0.1, 0.15) is 63.9 Å². The minimum absolute atomic E-state index is 0.108. The summed E-state index contributed by atoms with van der Waals surface area (Å²) in [6, 6.07) is 49.0. The lowest BCUT2D eigenvalue weighted by molar-refractivity contribution is 0.752. The van der Waals surface area contributed by atoms with Gasteiger partial charge in [-0.25, -0.2) is 0 Å². The molecule has 0 nitrogen and oxygen atoms in total. The van der Waals surface area contributed by atoms with Crippen LogP contribution in [-0.2, 0) is 16.9 Å².